The molecule has 0 atom stereocenters. The molecule has 2 aromatic rings. The van der Waals surface area contributed by atoms with Crippen molar-refractivity contribution in [3.63, 3.8) is 0 Å². The molecule has 3 nitrogen and oxygen atoms in total. The zero-order chi connectivity index (χ0) is 15.6. The van der Waals surface area contributed by atoms with E-state index in [2.05, 4.69) is 4.98 Å². The maximum absolute atomic E-state index is 13.2. The Kier molecular flexibility index (Phi) is 4.42. The molecule has 0 aliphatic rings. The van der Waals surface area contributed by atoms with Crippen LogP contribution in [0.2, 0.25) is 0 Å². The molecule has 0 saturated carbocycles. The molecule has 2 rings (SSSR count). The van der Waals surface area contributed by atoms with Gasteiger partial charge in [0.1, 0.15) is 16.2 Å². The molecule has 0 spiro atoms. The van der Waals surface area contributed by atoms with Crippen molar-refractivity contribution in [2.75, 3.05) is 6.61 Å². The molecule has 1 aromatic heterocycles. The van der Waals surface area contributed by atoms with Gasteiger partial charge in [0.25, 0.3) is 0 Å². The lowest BCUT2D eigenvalue weighted by atomic mass is 9.90. The van der Waals surface area contributed by atoms with Gasteiger partial charge in [0.05, 0.1) is 12.3 Å². The highest BCUT2D eigenvalue weighted by molar-refractivity contribution is 7.13. The number of ether oxygens (including phenoxy) is 1. The molecule has 21 heavy (non-hydrogen) atoms. The lowest BCUT2D eigenvalue weighted by Crippen LogP contribution is -2.31. The quantitative estimate of drug-likeness (QED) is 0.798. The first-order chi connectivity index (χ1) is 9.86. The van der Waals surface area contributed by atoms with Gasteiger partial charge >= 0.3 is 5.97 Å². The molecular weight excluding hydrogens is 289 g/mol. The Morgan fingerprint density at radius 3 is 2.76 bits per heavy atom. The number of benzene rings is 1. The van der Waals surface area contributed by atoms with Gasteiger partial charge in [-0.1, -0.05) is 0 Å². The Labute approximate surface area is 127 Å². The van der Waals surface area contributed by atoms with Crippen LogP contribution in [0.5, 0.6) is 0 Å². The van der Waals surface area contributed by atoms with Gasteiger partial charge in [-0.15, -0.1) is 11.3 Å². The van der Waals surface area contributed by atoms with Crippen LogP contribution in [0.25, 0.3) is 10.6 Å². The number of carbonyl (C=O) groups is 1. The van der Waals surface area contributed by atoms with Crippen LogP contribution in [-0.4, -0.2) is 17.6 Å². The van der Waals surface area contributed by atoms with Crippen LogP contribution in [0.1, 0.15) is 32.0 Å². The third kappa shape index (κ3) is 3.13. The predicted molar refractivity (Wildman–Crippen MR) is 81.9 cm³/mol. The average molecular weight is 307 g/mol. The number of nitrogens with zero attached hydrogens (tertiary/aromatic N) is 1. The Morgan fingerprint density at radius 1 is 1.43 bits per heavy atom. The summed E-state index contributed by atoms with van der Waals surface area (Å²) >= 11 is 1.44. The first-order valence-electron chi connectivity index (χ1n) is 6.76. The van der Waals surface area contributed by atoms with Crippen LogP contribution in [-0.2, 0) is 14.9 Å². The number of carbonyl (C=O) groups excluding carboxylic acids is 1. The lowest BCUT2D eigenvalue weighted by Gasteiger charge is -2.19. The van der Waals surface area contributed by atoms with E-state index in [1.807, 2.05) is 12.3 Å². The van der Waals surface area contributed by atoms with Gasteiger partial charge in [0.15, 0.2) is 0 Å². The van der Waals surface area contributed by atoms with Crippen molar-refractivity contribution in [1.82, 2.24) is 4.98 Å². The number of aryl methyl sites for hydroxylation is 1. The van der Waals surface area contributed by atoms with E-state index in [0.717, 1.165) is 16.1 Å². The monoisotopic (exact) mass is 307 g/mol. The molecule has 1 aromatic carbocycles. The molecule has 0 radical (unpaired) electrons. The zero-order valence-electron chi connectivity index (χ0n) is 12.6. The molecule has 1 heterocycles. The molecule has 0 amide bonds. The van der Waals surface area contributed by atoms with E-state index < -0.39 is 5.41 Å². The van der Waals surface area contributed by atoms with Gasteiger partial charge in [-0.3, -0.25) is 4.79 Å². The van der Waals surface area contributed by atoms with Crippen molar-refractivity contribution in [1.29, 1.82) is 0 Å². The number of hydrogen-bond donors (Lipinski definition) is 0. The number of hydrogen-bond acceptors (Lipinski definition) is 4. The highest BCUT2D eigenvalue weighted by Gasteiger charge is 2.34. The fourth-order valence-corrected chi connectivity index (χ4v) is 3.05. The summed E-state index contributed by atoms with van der Waals surface area (Å²) in [7, 11) is 0. The van der Waals surface area contributed by atoms with E-state index >= 15 is 0 Å². The molecule has 0 unspecified atom stereocenters. The second-order valence-electron chi connectivity index (χ2n) is 5.34. The second-order valence-corrected chi connectivity index (χ2v) is 6.20. The van der Waals surface area contributed by atoms with E-state index in [-0.39, 0.29) is 11.8 Å². The molecular formula is C16H18FNO2S. The Morgan fingerprint density at radius 2 is 2.14 bits per heavy atom. The fraction of sp³-hybridized carbons (Fsp3) is 0.375. The number of halogens is 1. The summed E-state index contributed by atoms with van der Waals surface area (Å²) in [5, 5.41) is 2.63. The summed E-state index contributed by atoms with van der Waals surface area (Å²) in [6, 6.07) is 4.61. The molecule has 0 fully saturated rings. The molecule has 0 N–H and O–H groups in total. The normalized spacial score (nSPS) is 11.5. The Bertz CT molecular complexity index is 664. The van der Waals surface area contributed by atoms with Gasteiger partial charge in [-0.2, -0.15) is 0 Å². The molecule has 0 aliphatic carbocycles. The van der Waals surface area contributed by atoms with E-state index in [0.29, 0.717) is 12.3 Å². The largest absolute Gasteiger partial charge is 0.465 e. The lowest BCUT2D eigenvalue weighted by molar-refractivity contribution is -0.148. The van der Waals surface area contributed by atoms with Crippen molar-refractivity contribution in [2.24, 2.45) is 0 Å². The first kappa shape index (κ1) is 15.6. The van der Waals surface area contributed by atoms with E-state index in [9.17, 15) is 9.18 Å². The molecule has 5 heteroatoms. The minimum Gasteiger partial charge on any atom is -0.465 e. The SMILES string of the molecule is CCOC(=O)C(C)(C)c1csc(-c2ccc(F)cc2C)n1. The van der Waals surface area contributed by atoms with Crippen LogP contribution in [0.15, 0.2) is 23.6 Å². The van der Waals surface area contributed by atoms with Crippen LogP contribution in [0, 0.1) is 12.7 Å². The summed E-state index contributed by atoms with van der Waals surface area (Å²) in [6.07, 6.45) is 0. The van der Waals surface area contributed by atoms with Crippen molar-refractivity contribution in [3.05, 3.63) is 40.7 Å². The van der Waals surface area contributed by atoms with Crippen LogP contribution in [0.3, 0.4) is 0 Å². The summed E-state index contributed by atoms with van der Waals surface area (Å²) < 4.78 is 18.3. The maximum atomic E-state index is 13.2. The third-order valence-corrected chi connectivity index (χ3v) is 4.22. The summed E-state index contributed by atoms with van der Waals surface area (Å²) in [5.74, 6) is -0.558. The second kappa shape index (κ2) is 5.93. The third-order valence-electron chi connectivity index (χ3n) is 3.35. The Hall–Kier alpha value is -1.75. The summed E-state index contributed by atoms with van der Waals surface area (Å²) in [4.78, 5) is 16.6. The van der Waals surface area contributed by atoms with Gasteiger partial charge in [-0.05, 0) is 51.5 Å². The van der Waals surface area contributed by atoms with E-state index in [1.54, 1.807) is 26.8 Å². The molecule has 0 aliphatic heterocycles. The highest BCUT2D eigenvalue weighted by atomic mass is 32.1. The first-order valence-corrected chi connectivity index (χ1v) is 7.64. The zero-order valence-corrected chi connectivity index (χ0v) is 13.4. The summed E-state index contributed by atoms with van der Waals surface area (Å²) in [6.45, 7) is 7.55. The molecule has 0 saturated heterocycles. The average Bonchev–Trinajstić information content (AvgIpc) is 2.89. The van der Waals surface area contributed by atoms with Crippen LogP contribution >= 0.6 is 11.3 Å². The fourth-order valence-electron chi connectivity index (χ4n) is 1.97. The van der Waals surface area contributed by atoms with Crippen molar-refractivity contribution in [2.45, 2.75) is 33.1 Å². The van der Waals surface area contributed by atoms with Crippen molar-refractivity contribution < 1.29 is 13.9 Å². The van der Waals surface area contributed by atoms with E-state index in [4.69, 9.17) is 4.74 Å². The van der Waals surface area contributed by atoms with Gasteiger partial charge in [0, 0.05) is 10.9 Å². The number of rotatable bonds is 4. The highest BCUT2D eigenvalue weighted by Crippen LogP contribution is 2.32. The maximum Gasteiger partial charge on any atom is 0.317 e. The van der Waals surface area contributed by atoms with E-state index in [1.165, 1.54) is 23.5 Å². The van der Waals surface area contributed by atoms with Gasteiger partial charge in [0.2, 0.25) is 0 Å². The summed E-state index contributed by atoms with van der Waals surface area (Å²) in [5.41, 5.74) is 1.58. The smallest absolute Gasteiger partial charge is 0.317 e. The predicted octanol–water partition coefficient (Wildman–Crippen LogP) is 4.10. The van der Waals surface area contributed by atoms with Crippen LogP contribution < -0.4 is 0 Å². The number of esters is 1. The minimum absolute atomic E-state index is 0.264. The number of aromatic nitrogens is 1. The van der Waals surface area contributed by atoms with Crippen LogP contribution in [0.4, 0.5) is 4.39 Å². The molecule has 0 bridgehead atoms. The number of thiazole rings is 1. The van der Waals surface area contributed by atoms with Crippen molar-refractivity contribution in [3.8, 4) is 10.6 Å². The minimum atomic E-state index is -0.793. The van der Waals surface area contributed by atoms with Crippen molar-refractivity contribution >= 4 is 17.3 Å². The molecule has 112 valence electrons. The topological polar surface area (TPSA) is 39.2 Å². The van der Waals surface area contributed by atoms with Gasteiger partial charge in [-0.25, -0.2) is 9.37 Å². The Balaban J connectivity index is 2.35. The standard InChI is InChI=1S/C16H18FNO2S/c1-5-20-15(19)16(3,4)13-9-21-14(18-13)12-7-6-11(17)8-10(12)2/h6-9H,5H2,1-4H3. The van der Waals surface area contributed by atoms with Gasteiger partial charge < -0.3 is 4.74 Å².